The van der Waals surface area contributed by atoms with Gasteiger partial charge < -0.3 is 10.2 Å². The molecule has 1 aromatic carbocycles. The maximum Gasteiger partial charge on any atom is 0.335 e. The molecule has 0 fully saturated rings. The summed E-state index contributed by atoms with van der Waals surface area (Å²) < 4.78 is 0.879. The molecule has 0 saturated carbocycles. The van der Waals surface area contributed by atoms with E-state index in [9.17, 15) is 9.90 Å². The number of aliphatic hydroxyl groups is 1. The van der Waals surface area contributed by atoms with E-state index in [4.69, 9.17) is 5.11 Å². The van der Waals surface area contributed by atoms with Crippen molar-refractivity contribution in [3.63, 3.8) is 0 Å². The van der Waals surface area contributed by atoms with Crippen molar-refractivity contribution in [2.24, 2.45) is 0 Å². The van der Waals surface area contributed by atoms with Gasteiger partial charge in [0.05, 0.1) is 0 Å². The Balaban J connectivity index is 2.99. The van der Waals surface area contributed by atoms with E-state index in [1.54, 1.807) is 0 Å². The van der Waals surface area contributed by atoms with Gasteiger partial charge in [-0.2, -0.15) is 0 Å². The highest BCUT2D eigenvalue weighted by Gasteiger charge is 2.30. The summed E-state index contributed by atoms with van der Waals surface area (Å²) in [5.41, 5.74) is 0.0856. The minimum absolute atomic E-state index is 0.105. The minimum Gasteiger partial charge on any atom is -0.479 e. The van der Waals surface area contributed by atoms with Crippen LogP contribution in [0.3, 0.4) is 0 Å². The average Bonchev–Trinajstić information content (AvgIpc) is 2.10. The van der Waals surface area contributed by atoms with Crippen LogP contribution in [0, 0.1) is 6.92 Å². The van der Waals surface area contributed by atoms with Crippen LogP contribution in [0.25, 0.3) is 0 Å². The molecule has 0 amide bonds. The Labute approximate surface area is 96.9 Å². The number of halogens is 1. The molecular formula is C11H13BrO3. The third kappa shape index (κ3) is 3.04. The predicted molar refractivity (Wildman–Crippen MR) is 60.8 cm³/mol. The van der Waals surface area contributed by atoms with Crippen LogP contribution in [-0.2, 0) is 11.2 Å². The van der Waals surface area contributed by atoms with Crippen LogP contribution in [0.2, 0.25) is 0 Å². The second-order valence-corrected chi connectivity index (χ2v) is 4.74. The van der Waals surface area contributed by atoms with Crippen molar-refractivity contribution in [2.75, 3.05) is 0 Å². The van der Waals surface area contributed by atoms with Gasteiger partial charge in [0, 0.05) is 10.9 Å². The molecule has 0 aliphatic rings. The van der Waals surface area contributed by atoms with Crippen molar-refractivity contribution in [1.82, 2.24) is 0 Å². The fourth-order valence-electron chi connectivity index (χ4n) is 1.28. The second kappa shape index (κ2) is 4.33. The zero-order valence-electron chi connectivity index (χ0n) is 8.62. The number of carbonyl (C=O) groups is 1. The van der Waals surface area contributed by atoms with E-state index in [1.807, 2.05) is 25.1 Å². The van der Waals surface area contributed by atoms with Crippen molar-refractivity contribution in [1.29, 1.82) is 0 Å². The maximum absolute atomic E-state index is 10.8. The van der Waals surface area contributed by atoms with Gasteiger partial charge in [-0.25, -0.2) is 4.79 Å². The van der Waals surface area contributed by atoms with Crippen LogP contribution >= 0.6 is 15.9 Å². The zero-order valence-corrected chi connectivity index (χ0v) is 10.2. The molecule has 1 atom stereocenters. The molecule has 0 heterocycles. The molecule has 0 spiro atoms. The van der Waals surface area contributed by atoms with E-state index in [0.29, 0.717) is 0 Å². The number of aryl methyl sites for hydroxylation is 1. The SMILES string of the molecule is Cc1ccc(Br)cc1CC(C)(O)C(=O)O. The Kier molecular flexibility index (Phi) is 3.52. The van der Waals surface area contributed by atoms with Gasteiger partial charge in [0.15, 0.2) is 5.60 Å². The summed E-state index contributed by atoms with van der Waals surface area (Å²) in [5, 5.41) is 18.4. The van der Waals surface area contributed by atoms with E-state index in [1.165, 1.54) is 6.92 Å². The third-order valence-electron chi connectivity index (χ3n) is 2.31. The Bertz CT molecular complexity index is 385. The topological polar surface area (TPSA) is 57.5 Å². The summed E-state index contributed by atoms with van der Waals surface area (Å²) >= 11 is 3.31. The molecule has 0 saturated heterocycles. The lowest BCUT2D eigenvalue weighted by Crippen LogP contribution is -2.37. The van der Waals surface area contributed by atoms with Crippen molar-refractivity contribution in [2.45, 2.75) is 25.9 Å². The van der Waals surface area contributed by atoms with Crippen molar-refractivity contribution in [3.8, 4) is 0 Å². The number of aliphatic carboxylic acids is 1. The summed E-state index contributed by atoms with van der Waals surface area (Å²) in [7, 11) is 0. The van der Waals surface area contributed by atoms with Crippen LogP contribution in [-0.4, -0.2) is 21.8 Å². The number of rotatable bonds is 3. The Morgan fingerprint density at radius 3 is 2.67 bits per heavy atom. The molecule has 0 radical (unpaired) electrons. The second-order valence-electron chi connectivity index (χ2n) is 3.83. The Morgan fingerprint density at radius 1 is 1.53 bits per heavy atom. The molecule has 2 N–H and O–H groups in total. The first-order valence-corrected chi connectivity index (χ1v) is 5.33. The number of carboxylic acids is 1. The van der Waals surface area contributed by atoms with Crippen molar-refractivity contribution < 1.29 is 15.0 Å². The lowest BCUT2D eigenvalue weighted by atomic mass is 9.94. The van der Waals surface area contributed by atoms with E-state index in [0.717, 1.165) is 15.6 Å². The van der Waals surface area contributed by atoms with Crippen molar-refractivity contribution in [3.05, 3.63) is 33.8 Å². The van der Waals surface area contributed by atoms with Crippen LogP contribution in [0.5, 0.6) is 0 Å². The summed E-state index contributed by atoms with van der Waals surface area (Å²) in [6.07, 6.45) is 0.105. The maximum atomic E-state index is 10.8. The first-order chi connectivity index (χ1) is 6.83. The van der Waals surface area contributed by atoms with Gasteiger partial charge in [0.25, 0.3) is 0 Å². The predicted octanol–water partition coefficient (Wildman–Crippen LogP) is 2.14. The van der Waals surface area contributed by atoms with E-state index in [-0.39, 0.29) is 6.42 Å². The monoisotopic (exact) mass is 272 g/mol. The van der Waals surface area contributed by atoms with Gasteiger partial charge in [-0.15, -0.1) is 0 Å². The minimum atomic E-state index is -1.72. The summed E-state index contributed by atoms with van der Waals surface area (Å²) in [6, 6.07) is 5.60. The molecule has 0 aliphatic heterocycles. The molecule has 0 bridgehead atoms. The van der Waals surface area contributed by atoms with E-state index < -0.39 is 11.6 Å². The molecule has 0 aromatic heterocycles. The van der Waals surface area contributed by atoms with Crippen LogP contribution in [0.1, 0.15) is 18.1 Å². The smallest absolute Gasteiger partial charge is 0.335 e. The van der Waals surface area contributed by atoms with Gasteiger partial charge in [-0.05, 0) is 37.1 Å². The molecule has 3 nitrogen and oxygen atoms in total. The summed E-state index contributed by atoms with van der Waals surface area (Å²) in [5.74, 6) is -1.21. The quantitative estimate of drug-likeness (QED) is 0.887. The lowest BCUT2D eigenvalue weighted by Gasteiger charge is -2.19. The number of hydrogen-bond acceptors (Lipinski definition) is 2. The van der Waals surface area contributed by atoms with Gasteiger partial charge in [0.2, 0.25) is 0 Å². The third-order valence-corrected chi connectivity index (χ3v) is 2.80. The van der Waals surface area contributed by atoms with Gasteiger partial charge in [-0.1, -0.05) is 22.0 Å². The van der Waals surface area contributed by atoms with Gasteiger partial charge in [-0.3, -0.25) is 0 Å². The molecule has 1 unspecified atom stereocenters. The molecule has 82 valence electrons. The van der Waals surface area contributed by atoms with Crippen LogP contribution in [0.15, 0.2) is 22.7 Å². The standard InChI is InChI=1S/C11H13BrO3/c1-7-3-4-9(12)5-8(7)6-11(2,15)10(13)14/h3-5,15H,6H2,1-2H3,(H,13,14). The Morgan fingerprint density at radius 2 is 2.13 bits per heavy atom. The van der Waals surface area contributed by atoms with Crippen LogP contribution in [0.4, 0.5) is 0 Å². The summed E-state index contributed by atoms with van der Waals surface area (Å²) in [4.78, 5) is 10.8. The van der Waals surface area contributed by atoms with E-state index >= 15 is 0 Å². The lowest BCUT2D eigenvalue weighted by molar-refractivity contribution is -0.156. The molecule has 1 aromatic rings. The van der Waals surface area contributed by atoms with Gasteiger partial charge >= 0.3 is 5.97 Å². The fraction of sp³-hybridized carbons (Fsp3) is 0.364. The first-order valence-electron chi connectivity index (χ1n) is 4.54. The normalized spacial score (nSPS) is 14.7. The molecule has 15 heavy (non-hydrogen) atoms. The highest BCUT2D eigenvalue weighted by atomic mass is 79.9. The number of benzene rings is 1. The highest BCUT2D eigenvalue weighted by Crippen LogP contribution is 2.21. The summed E-state index contributed by atoms with van der Waals surface area (Å²) in [6.45, 7) is 3.19. The highest BCUT2D eigenvalue weighted by molar-refractivity contribution is 9.10. The average molecular weight is 273 g/mol. The zero-order chi connectivity index (χ0) is 11.6. The van der Waals surface area contributed by atoms with E-state index in [2.05, 4.69) is 15.9 Å². The first kappa shape index (κ1) is 12.2. The van der Waals surface area contributed by atoms with Crippen molar-refractivity contribution >= 4 is 21.9 Å². The number of hydrogen-bond donors (Lipinski definition) is 2. The largest absolute Gasteiger partial charge is 0.479 e. The number of carboxylic acid groups (broad SMARTS) is 1. The van der Waals surface area contributed by atoms with Gasteiger partial charge in [0.1, 0.15) is 0 Å². The van der Waals surface area contributed by atoms with Crippen LogP contribution < -0.4 is 0 Å². The molecule has 4 heteroatoms. The fourth-order valence-corrected chi connectivity index (χ4v) is 1.69. The molecule has 1 rings (SSSR count). The molecular weight excluding hydrogens is 260 g/mol. The Hall–Kier alpha value is -0.870. The molecule has 0 aliphatic carbocycles.